The minimum Gasteiger partial charge on any atom is -1.00 e. The number of hydrogen-bond acceptors (Lipinski definition) is 0. The van der Waals surface area contributed by atoms with Crippen molar-refractivity contribution in [3.05, 3.63) is 62.5 Å². The summed E-state index contributed by atoms with van der Waals surface area (Å²) in [6.45, 7) is 19.1. The van der Waals surface area contributed by atoms with E-state index in [1.165, 1.54) is 12.0 Å². The zero-order valence-corrected chi connectivity index (χ0v) is 23.8. The molecule has 0 amide bonds. The Morgan fingerprint density at radius 2 is 1.54 bits per heavy atom. The van der Waals surface area contributed by atoms with Crippen molar-refractivity contribution in [2.45, 2.75) is 69.2 Å². The average Bonchev–Trinajstić information content (AvgIpc) is 3.12. The third-order valence-corrected chi connectivity index (χ3v) is 18.3. The maximum Gasteiger partial charge on any atom is -1.00 e. The molecule has 3 heteroatoms. The first-order valence-corrected chi connectivity index (χ1v) is 16.0. The van der Waals surface area contributed by atoms with Gasteiger partial charge in [-0.05, 0) is 0 Å². The fourth-order valence-corrected chi connectivity index (χ4v) is 16.9. The normalized spacial score (nSPS) is 18.6. The largest absolute Gasteiger partial charge is 1.00 e. The number of fused-ring (bicyclic) bond motifs is 1. The van der Waals surface area contributed by atoms with E-state index in [2.05, 4.69) is 97.9 Å². The van der Waals surface area contributed by atoms with Crippen LogP contribution in [0.2, 0.25) is 3.67 Å². The summed E-state index contributed by atoms with van der Waals surface area (Å²) in [5.41, 5.74) is 6.77. The Hall–Kier alpha value is -0.110. The second-order valence-electron chi connectivity index (χ2n) is 10.3. The molecule has 0 heterocycles. The number of allylic oxidation sites excluding steroid dienone is 6. The number of hydrogen-bond donors (Lipinski definition) is 0. The Morgan fingerprint density at radius 3 is 2.04 bits per heavy atom. The fourth-order valence-electron chi connectivity index (χ4n) is 4.45. The molecule has 0 radical (unpaired) electrons. The number of halogens is 2. The van der Waals surface area contributed by atoms with Crippen LogP contribution in [0.1, 0.15) is 76.6 Å². The van der Waals surface area contributed by atoms with E-state index in [1.54, 1.807) is 16.7 Å². The molecule has 0 N–H and O–H groups in total. The van der Waals surface area contributed by atoms with Gasteiger partial charge in [-0.1, -0.05) is 0 Å². The van der Waals surface area contributed by atoms with Crippen LogP contribution in [0.3, 0.4) is 0 Å². The fraction of sp³-hybridized carbons (Fsp3) is 0.520. The van der Waals surface area contributed by atoms with Crippen molar-refractivity contribution in [2.75, 3.05) is 0 Å². The quantitative estimate of drug-likeness (QED) is 0.477. The van der Waals surface area contributed by atoms with Crippen molar-refractivity contribution in [1.82, 2.24) is 0 Å². The minimum absolute atomic E-state index is 0. The molecular formula is C25H35Cl2Hf. The number of benzene rings is 1. The maximum absolute atomic E-state index is 2.68. The van der Waals surface area contributed by atoms with E-state index in [0.717, 1.165) is 3.67 Å². The molecule has 0 bridgehead atoms. The second kappa shape index (κ2) is 9.36. The van der Waals surface area contributed by atoms with E-state index in [9.17, 15) is 0 Å². The molecular weight excluding hydrogens is 550 g/mol. The van der Waals surface area contributed by atoms with Crippen molar-refractivity contribution < 1.29 is 46.3 Å². The Morgan fingerprint density at radius 1 is 0.929 bits per heavy atom. The summed E-state index contributed by atoms with van der Waals surface area (Å²) < 4.78 is 3.39. The standard InChI is InChI=1S/C13H15.C9H13.C3H7.2ClH.Hf/c1-13(2,3)12-9-8-10-6-4-5-7-11(10)12;1-9(2,3)8-6-4-5-7-8;1-3-2;;;/h4-9H,1-3H3;6-7H,4H2,1-3H3;3H,1-2H3;2*1H;/q;;;;;+2/p-2. The van der Waals surface area contributed by atoms with Gasteiger partial charge in [0.1, 0.15) is 0 Å². The van der Waals surface area contributed by atoms with E-state index in [-0.39, 0.29) is 35.6 Å². The molecule has 2 aliphatic rings. The van der Waals surface area contributed by atoms with Crippen LogP contribution in [-0.4, -0.2) is 0 Å². The predicted octanol–water partition coefficient (Wildman–Crippen LogP) is 1.89. The molecule has 0 spiro atoms. The van der Waals surface area contributed by atoms with Gasteiger partial charge in [0.25, 0.3) is 0 Å². The van der Waals surface area contributed by atoms with Gasteiger partial charge >= 0.3 is 170 Å². The van der Waals surface area contributed by atoms with Gasteiger partial charge in [-0.15, -0.1) is 0 Å². The predicted molar refractivity (Wildman–Crippen MR) is 112 cm³/mol. The van der Waals surface area contributed by atoms with Gasteiger partial charge in [0.15, 0.2) is 0 Å². The summed E-state index contributed by atoms with van der Waals surface area (Å²) >= 11 is -2.05. The average molecular weight is 585 g/mol. The number of rotatable bonds is 3. The van der Waals surface area contributed by atoms with E-state index < -0.39 is 21.4 Å². The molecule has 0 fully saturated rings. The van der Waals surface area contributed by atoms with Crippen LogP contribution in [0.5, 0.6) is 0 Å². The Labute approximate surface area is 193 Å². The van der Waals surface area contributed by atoms with Crippen LogP contribution >= 0.6 is 0 Å². The molecule has 28 heavy (non-hydrogen) atoms. The molecule has 0 nitrogen and oxygen atoms in total. The zero-order valence-electron chi connectivity index (χ0n) is 18.7. The van der Waals surface area contributed by atoms with Crippen LogP contribution in [-0.2, 0) is 21.4 Å². The summed E-state index contributed by atoms with van der Waals surface area (Å²) in [7, 11) is 0. The molecule has 1 aromatic rings. The zero-order chi connectivity index (χ0) is 19.3. The van der Waals surface area contributed by atoms with Gasteiger partial charge in [-0.25, -0.2) is 0 Å². The van der Waals surface area contributed by atoms with Crippen molar-refractivity contribution in [1.29, 1.82) is 0 Å². The first kappa shape index (κ1) is 25.9. The van der Waals surface area contributed by atoms with Crippen LogP contribution in [0.15, 0.2) is 51.4 Å². The van der Waals surface area contributed by atoms with E-state index in [4.69, 9.17) is 0 Å². The molecule has 3 rings (SSSR count). The summed E-state index contributed by atoms with van der Waals surface area (Å²) in [5, 5.41) is 0. The third-order valence-electron chi connectivity index (χ3n) is 5.79. The van der Waals surface area contributed by atoms with Gasteiger partial charge in [0.05, 0.1) is 0 Å². The summed E-state index contributed by atoms with van der Waals surface area (Å²) in [4.78, 5) is 0. The third kappa shape index (κ3) is 5.13. The molecule has 153 valence electrons. The molecule has 0 saturated carbocycles. The van der Waals surface area contributed by atoms with Crippen LogP contribution in [0.25, 0.3) is 5.57 Å². The van der Waals surface area contributed by atoms with Crippen molar-refractivity contribution in [3.8, 4) is 0 Å². The molecule has 0 aliphatic heterocycles. The van der Waals surface area contributed by atoms with Gasteiger partial charge in [-0.3, -0.25) is 0 Å². The van der Waals surface area contributed by atoms with E-state index in [1.807, 2.05) is 3.33 Å². The van der Waals surface area contributed by atoms with E-state index in [0.29, 0.717) is 3.67 Å². The first-order valence-electron chi connectivity index (χ1n) is 10.1. The van der Waals surface area contributed by atoms with Crippen LogP contribution < -0.4 is 24.8 Å². The molecule has 2 aliphatic carbocycles. The van der Waals surface area contributed by atoms with Gasteiger partial charge in [-0.2, -0.15) is 0 Å². The Kier molecular flexibility index (Phi) is 8.66. The molecule has 0 aromatic heterocycles. The maximum atomic E-state index is 2.68. The molecule has 0 saturated heterocycles. The van der Waals surface area contributed by atoms with Crippen LogP contribution in [0.4, 0.5) is 0 Å². The van der Waals surface area contributed by atoms with Gasteiger partial charge in [0, 0.05) is 0 Å². The molecule has 1 aromatic carbocycles. The monoisotopic (exact) mass is 585 g/mol. The smallest absolute Gasteiger partial charge is 1.00 e. The van der Waals surface area contributed by atoms with Crippen LogP contribution in [0, 0.1) is 10.8 Å². The minimum atomic E-state index is -2.05. The Bertz CT molecular complexity index is 786. The van der Waals surface area contributed by atoms with Crippen molar-refractivity contribution in [3.63, 3.8) is 0 Å². The van der Waals surface area contributed by atoms with Gasteiger partial charge < -0.3 is 24.8 Å². The Balaban J connectivity index is 0.00000196. The van der Waals surface area contributed by atoms with Gasteiger partial charge in [0.2, 0.25) is 0 Å². The van der Waals surface area contributed by atoms with Crippen molar-refractivity contribution >= 4 is 5.57 Å². The second-order valence-corrected chi connectivity index (χ2v) is 22.3. The van der Waals surface area contributed by atoms with Crippen molar-refractivity contribution in [2.24, 2.45) is 10.8 Å². The molecule has 1 atom stereocenters. The topological polar surface area (TPSA) is 0 Å². The summed E-state index contributed by atoms with van der Waals surface area (Å²) in [6, 6.07) is 9.24. The first-order chi connectivity index (χ1) is 12.0. The summed E-state index contributed by atoms with van der Waals surface area (Å²) in [6.07, 6.45) is 9.01. The van der Waals surface area contributed by atoms with E-state index >= 15 is 0 Å². The molecule has 1 unspecified atom stereocenters. The SMILES string of the molecule is C[CH](C)[Hf+2]([C]1=CC(C(C)(C)C)=CC1)[CH]1C=C(C(C)(C)C)c2ccccc21.[Cl-].[Cl-]. The summed E-state index contributed by atoms with van der Waals surface area (Å²) in [5.74, 6) is 0.